The number of amides is 1. The predicted molar refractivity (Wildman–Crippen MR) is 73.4 cm³/mol. The summed E-state index contributed by atoms with van der Waals surface area (Å²) in [6.07, 6.45) is 0.160. The molecule has 0 radical (unpaired) electrons. The molecule has 1 rings (SSSR count). The number of carboxylic acids is 1. The van der Waals surface area contributed by atoms with E-state index in [1.165, 1.54) is 0 Å². The fourth-order valence-corrected chi connectivity index (χ4v) is 2.01. The van der Waals surface area contributed by atoms with Crippen molar-refractivity contribution in [3.63, 3.8) is 0 Å². The summed E-state index contributed by atoms with van der Waals surface area (Å²) in [6.45, 7) is 8.34. The normalized spacial score (nSPS) is 10.8. The number of aromatic nitrogens is 1. The van der Waals surface area contributed by atoms with Gasteiger partial charge in [0.1, 0.15) is 5.76 Å². The van der Waals surface area contributed by atoms with E-state index in [-0.39, 0.29) is 31.2 Å². The molecule has 0 aliphatic rings. The van der Waals surface area contributed by atoms with Gasteiger partial charge in [-0.1, -0.05) is 19.0 Å². The van der Waals surface area contributed by atoms with E-state index < -0.39 is 5.97 Å². The Morgan fingerprint density at radius 3 is 2.45 bits per heavy atom. The van der Waals surface area contributed by atoms with Gasteiger partial charge in [-0.05, 0) is 19.8 Å². The Labute approximate surface area is 118 Å². The first-order valence-electron chi connectivity index (χ1n) is 6.72. The van der Waals surface area contributed by atoms with Gasteiger partial charge in [-0.15, -0.1) is 0 Å². The molecule has 0 aliphatic heterocycles. The van der Waals surface area contributed by atoms with Crippen LogP contribution in [0.15, 0.2) is 4.52 Å². The Bertz CT molecular complexity index is 460. The number of carbonyl (C=O) groups is 2. The standard InChI is InChI=1S/C14H22N2O4/c1-9(2)8-16(6-5-14(18)19)13(17)7-12-10(3)15-20-11(12)4/h9H,5-8H2,1-4H3,(H,18,19). The number of hydrogen-bond donors (Lipinski definition) is 1. The number of carbonyl (C=O) groups excluding carboxylic acids is 1. The Morgan fingerprint density at radius 2 is 2.00 bits per heavy atom. The van der Waals surface area contributed by atoms with Crippen LogP contribution in [0.1, 0.15) is 37.3 Å². The smallest absolute Gasteiger partial charge is 0.305 e. The third-order valence-corrected chi connectivity index (χ3v) is 3.04. The number of nitrogens with zero attached hydrogens (tertiary/aromatic N) is 2. The van der Waals surface area contributed by atoms with Gasteiger partial charge in [-0.2, -0.15) is 0 Å². The number of rotatable bonds is 7. The second-order valence-corrected chi connectivity index (χ2v) is 5.36. The van der Waals surface area contributed by atoms with Crippen molar-refractivity contribution in [3.05, 3.63) is 17.0 Å². The molecule has 0 bridgehead atoms. The molecule has 6 heteroatoms. The molecule has 0 saturated carbocycles. The molecule has 0 spiro atoms. The molecular weight excluding hydrogens is 260 g/mol. The van der Waals surface area contributed by atoms with Crippen molar-refractivity contribution in [1.82, 2.24) is 10.1 Å². The van der Waals surface area contributed by atoms with Gasteiger partial charge in [0.05, 0.1) is 18.5 Å². The lowest BCUT2D eigenvalue weighted by Gasteiger charge is -2.24. The van der Waals surface area contributed by atoms with E-state index >= 15 is 0 Å². The molecule has 1 aromatic heterocycles. The molecule has 0 unspecified atom stereocenters. The predicted octanol–water partition coefficient (Wildman–Crippen LogP) is 1.79. The van der Waals surface area contributed by atoms with Gasteiger partial charge >= 0.3 is 5.97 Å². The minimum absolute atomic E-state index is 0.0416. The zero-order valence-corrected chi connectivity index (χ0v) is 12.5. The minimum Gasteiger partial charge on any atom is -0.481 e. The lowest BCUT2D eigenvalue weighted by Crippen LogP contribution is -2.37. The zero-order valence-electron chi connectivity index (χ0n) is 12.5. The zero-order chi connectivity index (χ0) is 15.3. The maximum absolute atomic E-state index is 12.3. The van der Waals surface area contributed by atoms with Crippen LogP contribution < -0.4 is 0 Å². The van der Waals surface area contributed by atoms with Gasteiger partial charge < -0.3 is 14.5 Å². The Balaban J connectivity index is 2.74. The van der Waals surface area contributed by atoms with Crippen molar-refractivity contribution < 1.29 is 19.2 Å². The van der Waals surface area contributed by atoms with Crippen LogP contribution in [-0.2, 0) is 16.0 Å². The molecule has 0 atom stereocenters. The molecule has 0 aromatic carbocycles. The molecule has 1 amide bonds. The lowest BCUT2D eigenvalue weighted by atomic mass is 10.1. The topological polar surface area (TPSA) is 83.6 Å². The highest BCUT2D eigenvalue weighted by Crippen LogP contribution is 2.14. The fourth-order valence-electron chi connectivity index (χ4n) is 2.01. The summed E-state index contributed by atoms with van der Waals surface area (Å²) in [5.74, 6) is -0.0609. The highest BCUT2D eigenvalue weighted by Gasteiger charge is 2.20. The van der Waals surface area contributed by atoms with Crippen molar-refractivity contribution >= 4 is 11.9 Å². The first kappa shape index (κ1) is 16.2. The molecule has 1 heterocycles. The van der Waals surface area contributed by atoms with Crippen LogP contribution in [0.4, 0.5) is 0 Å². The van der Waals surface area contributed by atoms with E-state index in [9.17, 15) is 9.59 Å². The quantitative estimate of drug-likeness (QED) is 0.824. The molecular formula is C14H22N2O4. The van der Waals surface area contributed by atoms with E-state index in [1.54, 1.807) is 18.7 Å². The van der Waals surface area contributed by atoms with E-state index in [0.29, 0.717) is 18.0 Å². The summed E-state index contributed by atoms with van der Waals surface area (Å²) in [4.78, 5) is 24.6. The van der Waals surface area contributed by atoms with Gasteiger partial charge in [0.25, 0.3) is 0 Å². The number of carboxylic acid groups (broad SMARTS) is 1. The average molecular weight is 282 g/mol. The van der Waals surface area contributed by atoms with Gasteiger partial charge in [-0.25, -0.2) is 0 Å². The van der Waals surface area contributed by atoms with Crippen molar-refractivity contribution in [3.8, 4) is 0 Å². The Hall–Kier alpha value is -1.85. The van der Waals surface area contributed by atoms with E-state index in [2.05, 4.69) is 5.16 Å². The van der Waals surface area contributed by atoms with Crippen molar-refractivity contribution in [2.75, 3.05) is 13.1 Å². The summed E-state index contributed by atoms with van der Waals surface area (Å²) in [6, 6.07) is 0. The fraction of sp³-hybridized carbons (Fsp3) is 0.643. The number of hydrogen-bond acceptors (Lipinski definition) is 4. The second kappa shape index (κ2) is 7.07. The summed E-state index contributed by atoms with van der Waals surface area (Å²) in [7, 11) is 0. The Morgan fingerprint density at radius 1 is 1.35 bits per heavy atom. The van der Waals surface area contributed by atoms with Crippen LogP contribution in [0.2, 0.25) is 0 Å². The van der Waals surface area contributed by atoms with E-state index in [0.717, 1.165) is 5.56 Å². The van der Waals surface area contributed by atoms with Gasteiger partial charge in [-0.3, -0.25) is 9.59 Å². The highest BCUT2D eigenvalue weighted by atomic mass is 16.5. The summed E-state index contributed by atoms with van der Waals surface area (Å²) >= 11 is 0. The van der Waals surface area contributed by atoms with Crippen LogP contribution in [0, 0.1) is 19.8 Å². The first-order chi connectivity index (χ1) is 9.31. The Kier molecular flexibility index (Phi) is 5.73. The number of aliphatic carboxylic acids is 1. The van der Waals surface area contributed by atoms with Gasteiger partial charge in [0.15, 0.2) is 0 Å². The third kappa shape index (κ3) is 4.68. The summed E-state index contributed by atoms with van der Waals surface area (Å²) < 4.78 is 5.04. The minimum atomic E-state index is -0.899. The summed E-state index contributed by atoms with van der Waals surface area (Å²) in [5.41, 5.74) is 1.50. The van der Waals surface area contributed by atoms with Crippen molar-refractivity contribution in [2.24, 2.45) is 5.92 Å². The molecule has 20 heavy (non-hydrogen) atoms. The van der Waals surface area contributed by atoms with Crippen LogP contribution in [0.3, 0.4) is 0 Å². The molecule has 0 saturated heterocycles. The molecule has 1 N–H and O–H groups in total. The first-order valence-corrected chi connectivity index (χ1v) is 6.72. The monoisotopic (exact) mass is 282 g/mol. The molecule has 0 aliphatic carbocycles. The van der Waals surface area contributed by atoms with Gasteiger partial charge in [0.2, 0.25) is 5.91 Å². The third-order valence-electron chi connectivity index (χ3n) is 3.04. The van der Waals surface area contributed by atoms with Crippen LogP contribution in [-0.4, -0.2) is 40.1 Å². The average Bonchev–Trinajstić information content (AvgIpc) is 2.65. The van der Waals surface area contributed by atoms with E-state index in [1.807, 2.05) is 13.8 Å². The van der Waals surface area contributed by atoms with Gasteiger partial charge in [0, 0.05) is 18.7 Å². The van der Waals surface area contributed by atoms with Crippen molar-refractivity contribution in [2.45, 2.75) is 40.5 Å². The number of aryl methyl sites for hydroxylation is 2. The lowest BCUT2D eigenvalue weighted by molar-refractivity contribution is -0.138. The largest absolute Gasteiger partial charge is 0.481 e. The van der Waals surface area contributed by atoms with E-state index in [4.69, 9.17) is 9.63 Å². The molecule has 6 nitrogen and oxygen atoms in total. The van der Waals surface area contributed by atoms with Crippen LogP contribution >= 0.6 is 0 Å². The van der Waals surface area contributed by atoms with Crippen LogP contribution in [0.25, 0.3) is 0 Å². The molecule has 112 valence electrons. The summed E-state index contributed by atoms with van der Waals surface area (Å²) in [5, 5.41) is 12.6. The van der Waals surface area contributed by atoms with Crippen molar-refractivity contribution in [1.29, 1.82) is 0 Å². The molecule has 0 fully saturated rings. The SMILES string of the molecule is Cc1noc(C)c1CC(=O)N(CCC(=O)O)CC(C)C. The highest BCUT2D eigenvalue weighted by molar-refractivity contribution is 5.79. The maximum atomic E-state index is 12.3. The maximum Gasteiger partial charge on any atom is 0.305 e. The second-order valence-electron chi connectivity index (χ2n) is 5.36. The molecule has 1 aromatic rings. The van der Waals surface area contributed by atoms with Crippen LogP contribution in [0.5, 0.6) is 0 Å².